The molecule has 0 bridgehead atoms. The molecule has 0 radical (unpaired) electrons. The second kappa shape index (κ2) is 13.1. The van der Waals surface area contributed by atoms with Crippen molar-refractivity contribution in [2.45, 2.75) is 37.1 Å². The Kier molecular flexibility index (Phi) is 11.2. The first-order chi connectivity index (χ1) is 14.2. The number of hydrogen-bond acceptors (Lipinski definition) is 4. The molecule has 30 heavy (non-hydrogen) atoms. The molecule has 2 aliphatic rings. The topological polar surface area (TPSA) is 58.1 Å². The zero-order chi connectivity index (χ0) is 20.5. The van der Waals surface area contributed by atoms with Crippen LogP contribution in [-0.4, -0.2) is 77.1 Å². The van der Waals surface area contributed by atoms with Gasteiger partial charge in [0.2, 0.25) is 0 Å². The summed E-state index contributed by atoms with van der Waals surface area (Å²) in [6.45, 7) is 6.33. The maximum absolute atomic E-state index is 6.57. The van der Waals surface area contributed by atoms with Crippen LogP contribution >= 0.6 is 35.6 Å². The van der Waals surface area contributed by atoms with Crippen LogP contribution in [0.2, 0.25) is 5.02 Å². The van der Waals surface area contributed by atoms with Gasteiger partial charge in [0.05, 0.1) is 6.61 Å². The summed E-state index contributed by atoms with van der Waals surface area (Å²) >= 11 is 6.57. The van der Waals surface area contributed by atoms with E-state index in [4.69, 9.17) is 21.1 Å². The van der Waals surface area contributed by atoms with E-state index in [0.29, 0.717) is 6.04 Å². The zero-order valence-corrected chi connectivity index (χ0v) is 21.2. The van der Waals surface area contributed by atoms with E-state index in [1.54, 1.807) is 7.11 Å². The Bertz CT molecular complexity index is 662. The molecule has 2 N–H and O–H groups in total. The number of nitrogens with zero attached hydrogens (tertiary/aromatic N) is 2. The third kappa shape index (κ3) is 6.95. The second-order valence-corrected chi connectivity index (χ2v) is 8.46. The van der Waals surface area contributed by atoms with Crippen molar-refractivity contribution in [3.63, 3.8) is 0 Å². The highest BCUT2D eigenvalue weighted by molar-refractivity contribution is 14.0. The molecule has 1 aromatic rings. The molecule has 0 spiro atoms. The molecule has 0 amide bonds. The average Bonchev–Trinajstić information content (AvgIpc) is 2.77. The van der Waals surface area contributed by atoms with Crippen LogP contribution in [-0.2, 0) is 14.9 Å². The molecule has 0 saturated carbocycles. The summed E-state index contributed by atoms with van der Waals surface area (Å²) in [6, 6.07) is 8.65. The van der Waals surface area contributed by atoms with Crippen LogP contribution < -0.4 is 10.6 Å². The summed E-state index contributed by atoms with van der Waals surface area (Å²) < 4.78 is 10.8. The molecule has 2 saturated heterocycles. The molecule has 0 aromatic heterocycles. The van der Waals surface area contributed by atoms with Crippen molar-refractivity contribution in [1.29, 1.82) is 0 Å². The highest BCUT2D eigenvalue weighted by Crippen LogP contribution is 2.38. The first-order valence-electron chi connectivity index (χ1n) is 10.7. The maximum atomic E-state index is 6.57. The number of halogens is 2. The lowest BCUT2D eigenvalue weighted by atomic mass is 9.74. The molecular weight excluding hydrogens is 515 g/mol. The number of piperidine rings is 1. The molecule has 170 valence electrons. The van der Waals surface area contributed by atoms with Crippen molar-refractivity contribution in [3.05, 3.63) is 34.9 Å². The highest BCUT2D eigenvalue weighted by Gasteiger charge is 2.36. The van der Waals surface area contributed by atoms with Gasteiger partial charge in [-0.1, -0.05) is 29.8 Å². The van der Waals surface area contributed by atoms with E-state index in [-0.39, 0.29) is 29.4 Å². The van der Waals surface area contributed by atoms with Crippen LogP contribution in [0.15, 0.2) is 29.3 Å². The van der Waals surface area contributed by atoms with Gasteiger partial charge < -0.3 is 25.0 Å². The Morgan fingerprint density at radius 3 is 2.60 bits per heavy atom. The van der Waals surface area contributed by atoms with Crippen molar-refractivity contribution < 1.29 is 9.47 Å². The average molecular weight is 551 g/mol. The van der Waals surface area contributed by atoms with Crippen molar-refractivity contribution >= 4 is 41.5 Å². The van der Waals surface area contributed by atoms with Crippen LogP contribution in [0.5, 0.6) is 0 Å². The normalized spacial score (nSPS) is 20.4. The van der Waals surface area contributed by atoms with E-state index in [1.165, 1.54) is 5.56 Å². The standard InChI is InChI=1S/C22H35ClN4O2.HI/c1-24-21(26-18-7-11-27(12-8-18)13-16-28-2)25-17-22(9-14-29-15-10-22)19-5-3-4-6-20(19)23;/h3-6,18H,7-17H2,1-2H3,(H2,24,25,26);1H. The van der Waals surface area contributed by atoms with E-state index >= 15 is 0 Å². The fourth-order valence-electron chi connectivity index (χ4n) is 4.36. The lowest BCUT2D eigenvalue weighted by Gasteiger charge is -2.39. The molecule has 2 aliphatic heterocycles. The van der Waals surface area contributed by atoms with Crippen LogP contribution in [0, 0.1) is 0 Å². The largest absolute Gasteiger partial charge is 0.383 e. The van der Waals surface area contributed by atoms with E-state index < -0.39 is 0 Å². The van der Waals surface area contributed by atoms with Gasteiger partial charge in [-0.2, -0.15) is 0 Å². The minimum absolute atomic E-state index is 0. The maximum Gasteiger partial charge on any atom is 0.191 e. The SMILES string of the molecule is CN=C(NCC1(c2ccccc2Cl)CCOCC1)NC1CCN(CCOC)CC1.I. The number of rotatable bonds is 7. The van der Waals surface area contributed by atoms with Crippen LogP contribution in [0.3, 0.4) is 0 Å². The number of guanidine groups is 1. The number of likely N-dealkylation sites (tertiary alicyclic amines) is 1. The quantitative estimate of drug-likeness (QED) is 0.310. The minimum atomic E-state index is -0.0300. The minimum Gasteiger partial charge on any atom is -0.383 e. The lowest BCUT2D eigenvalue weighted by Crippen LogP contribution is -2.52. The third-order valence-corrected chi connectivity index (χ3v) is 6.58. The van der Waals surface area contributed by atoms with Crippen molar-refractivity contribution in [2.24, 2.45) is 4.99 Å². The molecule has 0 atom stereocenters. The van der Waals surface area contributed by atoms with Crippen LogP contribution in [0.25, 0.3) is 0 Å². The smallest absolute Gasteiger partial charge is 0.191 e. The zero-order valence-electron chi connectivity index (χ0n) is 18.2. The van der Waals surface area contributed by atoms with Crippen molar-refractivity contribution in [1.82, 2.24) is 15.5 Å². The monoisotopic (exact) mass is 550 g/mol. The number of nitrogens with one attached hydrogen (secondary N) is 2. The van der Waals surface area contributed by atoms with Gasteiger partial charge >= 0.3 is 0 Å². The lowest BCUT2D eigenvalue weighted by molar-refractivity contribution is 0.0514. The van der Waals surface area contributed by atoms with Crippen molar-refractivity contribution in [3.8, 4) is 0 Å². The molecule has 1 aromatic carbocycles. The van der Waals surface area contributed by atoms with Gasteiger partial charge in [-0.3, -0.25) is 4.99 Å². The van der Waals surface area contributed by atoms with Gasteiger partial charge in [0.15, 0.2) is 5.96 Å². The predicted octanol–water partition coefficient (Wildman–Crippen LogP) is 3.28. The van der Waals surface area contributed by atoms with Gasteiger partial charge in [-0.25, -0.2) is 0 Å². The Hall–Kier alpha value is -0.610. The second-order valence-electron chi connectivity index (χ2n) is 8.05. The van der Waals surface area contributed by atoms with E-state index in [0.717, 1.165) is 82.7 Å². The summed E-state index contributed by atoms with van der Waals surface area (Å²) in [6.07, 6.45) is 4.15. The number of aliphatic imine (C=N–C) groups is 1. The number of hydrogen-bond donors (Lipinski definition) is 2. The predicted molar refractivity (Wildman–Crippen MR) is 134 cm³/mol. The summed E-state index contributed by atoms with van der Waals surface area (Å²) in [7, 11) is 3.60. The summed E-state index contributed by atoms with van der Waals surface area (Å²) in [4.78, 5) is 6.94. The Labute approximate surface area is 203 Å². The van der Waals surface area contributed by atoms with Crippen LogP contribution in [0.4, 0.5) is 0 Å². The van der Waals surface area contributed by atoms with Gasteiger partial charge in [-0.05, 0) is 37.3 Å². The van der Waals surface area contributed by atoms with E-state index in [2.05, 4.69) is 32.7 Å². The molecule has 8 heteroatoms. The number of methoxy groups -OCH3 is 1. The molecule has 6 nitrogen and oxygen atoms in total. The summed E-state index contributed by atoms with van der Waals surface area (Å²) in [5.41, 5.74) is 1.18. The van der Waals surface area contributed by atoms with Gasteiger partial charge in [0.25, 0.3) is 0 Å². The molecular formula is C22H36ClIN4O2. The summed E-state index contributed by atoms with van der Waals surface area (Å²) in [5, 5.41) is 8.05. The fraction of sp³-hybridized carbons (Fsp3) is 0.682. The van der Waals surface area contributed by atoms with E-state index in [1.807, 2.05) is 19.2 Å². The van der Waals surface area contributed by atoms with Gasteiger partial charge in [0, 0.05) is 70.0 Å². The van der Waals surface area contributed by atoms with Gasteiger partial charge in [-0.15, -0.1) is 24.0 Å². The number of benzene rings is 1. The van der Waals surface area contributed by atoms with Crippen molar-refractivity contribution in [2.75, 3.05) is 60.2 Å². The molecule has 2 heterocycles. The van der Waals surface area contributed by atoms with Gasteiger partial charge in [0.1, 0.15) is 0 Å². The first kappa shape index (κ1) is 25.6. The summed E-state index contributed by atoms with van der Waals surface area (Å²) in [5.74, 6) is 0.873. The van der Waals surface area contributed by atoms with E-state index in [9.17, 15) is 0 Å². The van der Waals surface area contributed by atoms with Crippen LogP contribution in [0.1, 0.15) is 31.2 Å². The Morgan fingerprint density at radius 1 is 1.27 bits per heavy atom. The first-order valence-corrected chi connectivity index (χ1v) is 11.1. The Morgan fingerprint density at radius 2 is 1.97 bits per heavy atom. The highest BCUT2D eigenvalue weighted by atomic mass is 127. The number of ether oxygens (including phenoxy) is 2. The fourth-order valence-corrected chi connectivity index (χ4v) is 4.69. The molecule has 2 fully saturated rings. The molecule has 3 rings (SSSR count). The molecule has 0 aliphatic carbocycles. The Balaban J connectivity index is 0.00000320. The molecule has 0 unspecified atom stereocenters. The third-order valence-electron chi connectivity index (χ3n) is 6.25.